The quantitative estimate of drug-likeness (QED) is 0.748. The van der Waals surface area contributed by atoms with Gasteiger partial charge in [0.15, 0.2) is 0 Å². The third-order valence-corrected chi connectivity index (χ3v) is 4.67. The summed E-state index contributed by atoms with van der Waals surface area (Å²) in [4.78, 5) is 27.4. The summed E-state index contributed by atoms with van der Waals surface area (Å²) in [5, 5.41) is 8.65. The number of thioether (sulfide) groups is 1. The fraction of sp³-hybridized carbons (Fsp3) is 0.312. The van der Waals surface area contributed by atoms with E-state index in [1.54, 1.807) is 47.4 Å². The Morgan fingerprint density at radius 1 is 1.26 bits per heavy atom. The highest BCUT2D eigenvalue weighted by Crippen LogP contribution is 2.17. The van der Waals surface area contributed by atoms with Crippen LogP contribution in [0.25, 0.3) is 0 Å². The number of thiazole rings is 1. The third-order valence-electron chi connectivity index (χ3n) is 2.86. The van der Waals surface area contributed by atoms with Crippen LogP contribution < -0.4 is 10.6 Å². The molecule has 5 nitrogen and oxygen atoms in total. The molecule has 0 saturated heterocycles. The van der Waals surface area contributed by atoms with Crippen molar-refractivity contribution < 1.29 is 9.59 Å². The lowest BCUT2D eigenvalue weighted by atomic mass is 10.2. The van der Waals surface area contributed by atoms with Crippen LogP contribution in [0.1, 0.15) is 24.0 Å². The Bertz CT molecular complexity index is 685. The monoisotopic (exact) mass is 349 g/mol. The number of hydrogen-bond acceptors (Lipinski definition) is 5. The molecule has 0 aliphatic heterocycles. The van der Waals surface area contributed by atoms with Gasteiger partial charge in [0.1, 0.15) is 0 Å². The molecule has 1 heterocycles. The number of amides is 2. The van der Waals surface area contributed by atoms with E-state index in [1.165, 1.54) is 6.92 Å². The number of rotatable bonds is 7. The predicted molar refractivity (Wildman–Crippen MR) is 97.0 cm³/mol. The molecule has 2 rings (SSSR count). The normalized spacial score (nSPS) is 10.3. The van der Waals surface area contributed by atoms with Gasteiger partial charge < -0.3 is 10.6 Å². The molecule has 0 unspecified atom stereocenters. The van der Waals surface area contributed by atoms with E-state index in [9.17, 15) is 9.59 Å². The second-order valence-electron chi connectivity index (χ2n) is 4.97. The zero-order valence-corrected chi connectivity index (χ0v) is 14.7. The second kappa shape index (κ2) is 8.69. The summed E-state index contributed by atoms with van der Waals surface area (Å²) in [7, 11) is 0. The van der Waals surface area contributed by atoms with Gasteiger partial charge in [0.2, 0.25) is 11.8 Å². The van der Waals surface area contributed by atoms with Gasteiger partial charge >= 0.3 is 0 Å². The van der Waals surface area contributed by atoms with Crippen molar-refractivity contribution in [1.29, 1.82) is 0 Å². The van der Waals surface area contributed by atoms with E-state index < -0.39 is 0 Å². The molecule has 122 valence electrons. The number of carbonyl (C=O) groups is 2. The van der Waals surface area contributed by atoms with E-state index in [4.69, 9.17) is 0 Å². The van der Waals surface area contributed by atoms with E-state index in [1.807, 2.05) is 6.92 Å². The van der Waals surface area contributed by atoms with Crippen LogP contribution in [-0.2, 0) is 15.3 Å². The fourth-order valence-electron chi connectivity index (χ4n) is 1.92. The van der Waals surface area contributed by atoms with Crippen LogP contribution in [-0.4, -0.2) is 22.6 Å². The minimum absolute atomic E-state index is 0.0352. The molecule has 2 aromatic rings. The summed E-state index contributed by atoms with van der Waals surface area (Å²) in [5.41, 5.74) is 2.42. The van der Waals surface area contributed by atoms with Crippen molar-refractivity contribution in [3.63, 3.8) is 0 Å². The summed E-state index contributed by atoms with van der Waals surface area (Å²) < 4.78 is 0. The van der Waals surface area contributed by atoms with Crippen molar-refractivity contribution in [2.75, 3.05) is 16.4 Å². The molecule has 0 aliphatic carbocycles. The van der Waals surface area contributed by atoms with Gasteiger partial charge in [-0.2, -0.15) is 11.8 Å². The Kier molecular flexibility index (Phi) is 6.61. The van der Waals surface area contributed by atoms with Gasteiger partial charge in [0, 0.05) is 41.6 Å². The number of nitrogens with one attached hydrogen (secondary N) is 2. The van der Waals surface area contributed by atoms with E-state index in [0.717, 1.165) is 22.2 Å². The van der Waals surface area contributed by atoms with E-state index in [2.05, 4.69) is 21.0 Å². The molecule has 0 aliphatic rings. The number of carbonyl (C=O) groups excluding carboxylic acids is 2. The van der Waals surface area contributed by atoms with Gasteiger partial charge in [-0.15, -0.1) is 11.3 Å². The lowest BCUT2D eigenvalue weighted by molar-refractivity contribution is -0.116. The number of hydrogen-bond donors (Lipinski definition) is 2. The van der Waals surface area contributed by atoms with Crippen LogP contribution in [0.3, 0.4) is 0 Å². The van der Waals surface area contributed by atoms with E-state index in [0.29, 0.717) is 17.8 Å². The van der Waals surface area contributed by atoms with Crippen LogP contribution >= 0.6 is 23.1 Å². The molecule has 7 heteroatoms. The maximum absolute atomic E-state index is 11.9. The van der Waals surface area contributed by atoms with Crippen LogP contribution in [0.15, 0.2) is 29.6 Å². The summed E-state index contributed by atoms with van der Waals surface area (Å²) in [5.74, 6) is 1.40. The second-order valence-corrected chi connectivity index (χ2v) is 7.14. The Morgan fingerprint density at radius 2 is 2.00 bits per heavy atom. The van der Waals surface area contributed by atoms with Crippen LogP contribution in [0.5, 0.6) is 0 Å². The molecular weight excluding hydrogens is 330 g/mol. The molecule has 1 aromatic heterocycles. The molecule has 2 N–H and O–H groups in total. The van der Waals surface area contributed by atoms with Gasteiger partial charge in [-0.3, -0.25) is 9.59 Å². The Labute approximate surface area is 143 Å². The van der Waals surface area contributed by atoms with Gasteiger partial charge in [0.05, 0.1) is 10.7 Å². The smallest absolute Gasteiger partial charge is 0.225 e. The van der Waals surface area contributed by atoms with Crippen LogP contribution in [0.4, 0.5) is 11.4 Å². The first-order valence-electron chi connectivity index (χ1n) is 7.19. The highest BCUT2D eigenvalue weighted by atomic mass is 32.2. The predicted octanol–water partition coefficient (Wildman–Crippen LogP) is 3.67. The molecular formula is C16H19N3O2S2. The van der Waals surface area contributed by atoms with Gasteiger partial charge in [-0.1, -0.05) is 6.07 Å². The average Bonchev–Trinajstić information content (AvgIpc) is 2.89. The lowest BCUT2D eigenvalue weighted by Gasteiger charge is -2.07. The average molecular weight is 349 g/mol. The molecule has 0 bridgehead atoms. The zero-order valence-electron chi connectivity index (χ0n) is 13.1. The van der Waals surface area contributed by atoms with Crippen LogP contribution in [0, 0.1) is 6.92 Å². The molecule has 0 saturated carbocycles. The number of nitrogens with zero attached hydrogens (tertiary/aromatic N) is 1. The maximum Gasteiger partial charge on any atom is 0.225 e. The van der Waals surface area contributed by atoms with Gasteiger partial charge in [-0.25, -0.2) is 4.98 Å². The topological polar surface area (TPSA) is 71.1 Å². The zero-order chi connectivity index (χ0) is 16.7. The lowest BCUT2D eigenvalue weighted by Crippen LogP contribution is -2.13. The Hall–Kier alpha value is -1.86. The highest BCUT2D eigenvalue weighted by Gasteiger charge is 2.05. The standard InChI is InChI=1S/C16H19N3O2S2/c1-11(20)17-13-4-3-5-14(8-13)19-16(21)6-7-22-9-15-10-23-12(2)18-15/h3-5,8,10H,6-7,9H2,1-2H3,(H,17,20)(H,19,21). The van der Waals surface area contributed by atoms with Crippen molar-refractivity contribution in [3.8, 4) is 0 Å². The fourth-order valence-corrected chi connectivity index (χ4v) is 3.47. The first-order valence-corrected chi connectivity index (χ1v) is 9.22. The summed E-state index contributed by atoms with van der Waals surface area (Å²) in [6, 6.07) is 7.11. The molecule has 0 atom stereocenters. The van der Waals surface area contributed by atoms with Gasteiger partial charge in [0.25, 0.3) is 0 Å². The van der Waals surface area contributed by atoms with Crippen molar-refractivity contribution in [2.24, 2.45) is 0 Å². The maximum atomic E-state index is 11.9. The minimum Gasteiger partial charge on any atom is -0.326 e. The summed E-state index contributed by atoms with van der Waals surface area (Å²) in [6.45, 7) is 3.44. The molecule has 0 spiro atoms. The van der Waals surface area contributed by atoms with Crippen LogP contribution in [0.2, 0.25) is 0 Å². The van der Waals surface area contributed by atoms with Crippen molar-refractivity contribution in [1.82, 2.24) is 4.98 Å². The summed E-state index contributed by atoms with van der Waals surface area (Å²) >= 11 is 3.34. The molecule has 23 heavy (non-hydrogen) atoms. The van der Waals surface area contributed by atoms with Gasteiger partial charge in [-0.05, 0) is 25.1 Å². The van der Waals surface area contributed by atoms with Crippen molar-refractivity contribution in [3.05, 3.63) is 40.3 Å². The minimum atomic E-state index is -0.137. The molecule has 2 amide bonds. The highest BCUT2D eigenvalue weighted by molar-refractivity contribution is 7.98. The SMILES string of the molecule is CC(=O)Nc1cccc(NC(=O)CCSCc2csc(C)n2)c1. The molecule has 0 fully saturated rings. The number of anilines is 2. The van der Waals surface area contributed by atoms with E-state index in [-0.39, 0.29) is 11.8 Å². The Morgan fingerprint density at radius 3 is 2.65 bits per heavy atom. The first-order chi connectivity index (χ1) is 11.0. The Balaban J connectivity index is 1.73. The molecule has 0 radical (unpaired) electrons. The summed E-state index contributed by atoms with van der Waals surface area (Å²) in [6.07, 6.45) is 0.443. The largest absolute Gasteiger partial charge is 0.326 e. The number of aryl methyl sites for hydroxylation is 1. The van der Waals surface area contributed by atoms with E-state index >= 15 is 0 Å². The van der Waals surface area contributed by atoms with Crippen molar-refractivity contribution in [2.45, 2.75) is 26.0 Å². The number of aromatic nitrogens is 1. The number of benzene rings is 1. The first kappa shape index (κ1) is 17.5. The third kappa shape index (κ3) is 6.42. The molecule has 1 aromatic carbocycles. The van der Waals surface area contributed by atoms with Crippen molar-refractivity contribution >= 4 is 46.3 Å².